The Bertz CT molecular complexity index is 748. The summed E-state index contributed by atoms with van der Waals surface area (Å²) in [4.78, 5) is 14.1. The average molecular weight is 352 g/mol. The lowest BCUT2D eigenvalue weighted by Gasteiger charge is -2.19. The van der Waals surface area contributed by atoms with Crippen LogP contribution in [0.15, 0.2) is 12.1 Å². The van der Waals surface area contributed by atoms with Crippen LogP contribution in [0.25, 0.3) is 0 Å². The first kappa shape index (κ1) is 16.6. The van der Waals surface area contributed by atoms with Gasteiger partial charge < -0.3 is 15.5 Å². The van der Waals surface area contributed by atoms with Crippen molar-refractivity contribution >= 4 is 33.8 Å². The fourth-order valence-electron chi connectivity index (χ4n) is 2.88. The minimum atomic E-state index is -0.666. The molecule has 3 rings (SSSR count). The summed E-state index contributed by atoms with van der Waals surface area (Å²) >= 11 is 1.16. The molecular weight excluding hydrogens is 334 g/mol. The number of carbonyl (C=O) groups is 1. The van der Waals surface area contributed by atoms with Crippen molar-refractivity contribution in [3.05, 3.63) is 35.0 Å². The van der Waals surface area contributed by atoms with Gasteiger partial charge in [0.05, 0.1) is 11.3 Å². The predicted octanol–water partition coefficient (Wildman–Crippen LogP) is 3.62. The average Bonchev–Trinajstić information content (AvgIpc) is 3.16. The predicted molar refractivity (Wildman–Crippen MR) is 92.2 cm³/mol. The number of hydrogen-bond acceptors (Lipinski definition) is 5. The number of aromatic nitrogens is 1. The monoisotopic (exact) mass is 352 g/mol. The van der Waals surface area contributed by atoms with E-state index in [0.29, 0.717) is 29.3 Å². The van der Waals surface area contributed by atoms with E-state index in [4.69, 9.17) is 0 Å². The molecule has 24 heavy (non-hydrogen) atoms. The van der Waals surface area contributed by atoms with E-state index in [-0.39, 0.29) is 11.4 Å². The fraction of sp³-hybridized carbons (Fsp3) is 0.375. The third-order valence-electron chi connectivity index (χ3n) is 4.01. The van der Waals surface area contributed by atoms with Gasteiger partial charge in [-0.2, -0.15) is 4.37 Å². The SMILES string of the molecule is CNc1snc(C)c1C(=O)Nc1cc(F)c(N2CCCC2)c(F)c1. The molecule has 1 aliphatic rings. The Morgan fingerprint density at radius 1 is 1.25 bits per heavy atom. The highest BCUT2D eigenvalue weighted by Gasteiger charge is 2.23. The van der Waals surface area contributed by atoms with Crippen molar-refractivity contribution in [2.75, 3.05) is 35.7 Å². The van der Waals surface area contributed by atoms with E-state index < -0.39 is 17.5 Å². The molecule has 0 bridgehead atoms. The minimum Gasteiger partial charge on any atom is -0.378 e. The highest BCUT2D eigenvalue weighted by Crippen LogP contribution is 2.30. The second-order valence-electron chi connectivity index (χ2n) is 5.66. The number of nitrogens with one attached hydrogen (secondary N) is 2. The molecule has 2 aromatic rings. The summed E-state index contributed by atoms with van der Waals surface area (Å²) in [6.07, 6.45) is 1.85. The molecule has 2 N–H and O–H groups in total. The van der Waals surface area contributed by atoms with Gasteiger partial charge in [-0.15, -0.1) is 0 Å². The summed E-state index contributed by atoms with van der Waals surface area (Å²) in [5, 5.41) is 6.05. The maximum Gasteiger partial charge on any atom is 0.260 e. The molecule has 1 aromatic carbocycles. The Labute approximate surface area is 142 Å². The van der Waals surface area contributed by atoms with Gasteiger partial charge in [-0.3, -0.25) is 4.79 Å². The van der Waals surface area contributed by atoms with Crippen molar-refractivity contribution < 1.29 is 13.6 Å². The first-order chi connectivity index (χ1) is 11.5. The van der Waals surface area contributed by atoms with Crippen LogP contribution in [0.3, 0.4) is 0 Å². The molecule has 1 saturated heterocycles. The van der Waals surface area contributed by atoms with Gasteiger partial charge in [-0.1, -0.05) is 0 Å². The summed E-state index contributed by atoms with van der Waals surface area (Å²) in [5.74, 6) is -1.78. The van der Waals surface area contributed by atoms with E-state index in [2.05, 4.69) is 15.0 Å². The zero-order chi connectivity index (χ0) is 17.3. The summed E-state index contributed by atoms with van der Waals surface area (Å²) in [6, 6.07) is 2.31. The van der Waals surface area contributed by atoms with Crippen molar-refractivity contribution in [1.29, 1.82) is 0 Å². The van der Waals surface area contributed by atoms with Gasteiger partial charge in [0.2, 0.25) is 0 Å². The third kappa shape index (κ3) is 3.06. The van der Waals surface area contributed by atoms with Crippen molar-refractivity contribution in [3.63, 3.8) is 0 Å². The molecule has 1 fully saturated rings. The molecule has 2 heterocycles. The summed E-state index contributed by atoms with van der Waals surface area (Å²) in [6.45, 7) is 3.00. The van der Waals surface area contributed by atoms with Gasteiger partial charge >= 0.3 is 0 Å². The molecule has 128 valence electrons. The number of carbonyl (C=O) groups excluding carboxylic acids is 1. The molecule has 1 amide bonds. The summed E-state index contributed by atoms with van der Waals surface area (Å²) < 4.78 is 32.8. The highest BCUT2D eigenvalue weighted by molar-refractivity contribution is 7.10. The van der Waals surface area contributed by atoms with E-state index in [1.807, 2.05) is 0 Å². The molecule has 5 nitrogen and oxygen atoms in total. The van der Waals surface area contributed by atoms with E-state index >= 15 is 0 Å². The van der Waals surface area contributed by atoms with Gasteiger partial charge in [0.1, 0.15) is 10.7 Å². The van der Waals surface area contributed by atoms with Crippen molar-refractivity contribution in [1.82, 2.24) is 4.37 Å². The largest absolute Gasteiger partial charge is 0.378 e. The Hall–Kier alpha value is -2.22. The molecular formula is C16H18F2N4OS. The van der Waals surface area contributed by atoms with E-state index in [1.54, 1.807) is 18.9 Å². The topological polar surface area (TPSA) is 57.3 Å². The molecule has 1 aromatic heterocycles. The molecule has 8 heteroatoms. The Morgan fingerprint density at radius 2 is 1.88 bits per heavy atom. The highest BCUT2D eigenvalue weighted by atomic mass is 32.1. The molecule has 0 unspecified atom stereocenters. The lowest BCUT2D eigenvalue weighted by molar-refractivity contribution is 0.102. The fourth-order valence-corrected chi connectivity index (χ4v) is 3.62. The van der Waals surface area contributed by atoms with Gasteiger partial charge in [0.25, 0.3) is 5.91 Å². The molecule has 1 aliphatic heterocycles. The van der Waals surface area contributed by atoms with Crippen LogP contribution in [-0.2, 0) is 0 Å². The van der Waals surface area contributed by atoms with Crippen LogP contribution in [0, 0.1) is 18.6 Å². The number of nitrogens with zero attached hydrogens (tertiary/aromatic N) is 2. The van der Waals surface area contributed by atoms with Crippen molar-refractivity contribution in [2.24, 2.45) is 0 Å². The van der Waals surface area contributed by atoms with Crippen LogP contribution in [0.4, 0.5) is 25.2 Å². The standard InChI is InChI=1S/C16H18F2N4OS/c1-9-13(16(19-2)24-21-9)15(23)20-10-7-11(17)14(12(18)8-10)22-5-3-4-6-22/h7-8,19H,3-6H2,1-2H3,(H,20,23). The lowest BCUT2D eigenvalue weighted by atomic mass is 10.2. The maximum atomic E-state index is 14.3. The van der Waals surface area contributed by atoms with E-state index in [9.17, 15) is 13.6 Å². The lowest BCUT2D eigenvalue weighted by Crippen LogP contribution is -2.21. The van der Waals surface area contributed by atoms with Gasteiger partial charge in [0.15, 0.2) is 11.6 Å². The first-order valence-electron chi connectivity index (χ1n) is 7.70. The van der Waals surface area contributed by atoms with Crippen molar-refractivity contribution in [3.8, 4) is 0 Å². The molecule has 0 radical (unpaired) electrons. The third-order valence-corrected chi connectivity index (χ3v) is 4.97. The Kier molecular flexibility index (Phi) is 4.66. The zero-order valence-corrected chi connectivity index (χ0v) is 14.3. The number of halogens is 2. The van der Waals surface area contributed by atoms with Gasteiger partial charge in [0, 0.05) is 25.8 Å². The maximum absolute atomic E-state index is 14.3. The summed E-state index contributed by atoms with van der Waals surface area (Å²) in [5.41, 5.74) is 1.02. The summed E-state index contributed by atoms with van der Waals surface area (Å²) in [7, 11) is 1.69. The van der Waals surface area contributed by atoms with Crippen molar-refractivity contribution in [2.45, 2.75) is 19.8 Å². The quantitative estimate of drug-likeness (QED) is 0.882. The van der Waals surface area contributed by atoms with E-state index in [0.717, 1.165) is 36.5 Å². The number of rotatable bonds is 4. The number of benzene rings is 1. The normalized spacial score (nSPS) is 14.1. The first-order valence-corrected chi connectivity index (χ1v) is 8.48. The van der Waals surface area contributed by atoms with Gasteiger partial charge in [-0.25, -0.2) is 8.78 Å². The van der Waals surface area contributed by atoms with Crippen LogP contribution >= 0.6 is 11.5 Å². The van der Waals surface area contributed by atoms with Crippen LogP contribution in [-0.4, -0.2) is 30.4 Å². The second kappa shape index (κ2) is 6.72. The second-order valence-corrected chi connectivity index (χ2v) is 6.43. The van der Waals surface area contributed by atoms with Crippen LogP contribution in [0.1, 0.15) is 28.9 Å². The number of amides is 1. The molecule has 0 spiro atoms. The molecule has 0 saturated carbocycles. The van der Waals surface area contributed by atoms with Crippen LogP contribution in [0.2, 0.25) is 0 Å². The number of anilines is 3. The zero-order valence-electron chi connectivity index (χ0n) is 13.4. The van der Waals surface area contributed by atoms with E-state index in [1.165, 1.54) is 0 Å². The Balaban J connectivity index is 1.85. The smallest absolute Gasteiger partial charge is 0.260 e. The van der Waals surface area contributed by atoms with Gasteiger partial charge in [-0.05, 0) is 43.4 Å². The molecule has 0 atom stereocenters. The minimum absolute atomic E-state index is 0.0187. The number of aryl methyl sites for hydroxylation is 1. The van der Waals surface area contributed by atoms with Crippen LogP contribution < -0.4 is 15.5 Å². The molecule has 0 aliphatic carbocycles. The Morgan fingerprint density at radius 3 is 2.46 bits per heavy atom. The van der Waals surface area contributed by atoms with Crippen LogP contribution in [0.5, 0.6) is 0 Å². The number of hydrogen-bond donors (Lipinski definition) is 2.